The highest BCUT2D eigenvalue weighted by atomic mass is 16.2. The molecule has 1 aliphatic heterocycles. The van der Waals surface area contributed by atoms with Gasteiger partial charge in [-0.2, -0.15) is 10.2 Å². The van der Waals surface area contributed by atoms with Gasteiger partial charge in [-0.05, 0) is 23.8 Å². The highest BCUT2D eigenvalue weighted by Crippen LogP contribution is 2.33. The molecule has 1 aromatic carbocycles. The molecule has 2 aromatic heterocycles. The van der Waals surface area contributed by atoms with E-state index in [1.807, 2.05) is 31.3 Å². The molecule has 0 aliphatic carbocycles. The number of rotatable bonds is 2. The molecule has 4 rings (SSSR count). The Morgan fingerprint density at radius 3 is 2.62 bits per heavy atom. The van der Waals surface area contributed by atoms with E-state index in [2.05, 4.69) is 20.2 Å². The van der Waals surface area contributed by atoms with Crippen molar-refractivity contribution in [2.24, 2.45) is 12.1 Å². The first-order valence-electron chi connectivity index (χ1n) is 7.70. The smallest absolute Gasteiger partial charge is 0.240 e. The average Bonchev–Trinajstić information content (AvgIpc) is 3.20. The van der Waals surface area contributed by atoms with Gasteiger partial charge in [0.05, 0.1) is 28.5 Å². The van der Waals surface area contributed by atoms with E-state index < -0.39 is 0 Å². The number of fused-ring (bicyclic) bond motifs is 1. The highest BCUT2D eigenvalue weighted by Gasteiger charge is 2.32. The van der Waals surface area contributed by atoms with E-state index in [0.29, 0.717) is 6.42 Å². The first kappa shape index (κ1) is 14.5. The molecule has 0 N–H and O–H groups in total. The fourth-order valence-electron chi connectivity index (χ4n) is 3.06. The van der Waals surface area contributed by atoms with Crippen molar-refractivity contribution in [3.8, 4) is 0 Å². The van der Waals surface area contributed by atoms with E-state index in [1.165, 1.54) is 6.92 Å². The van der Waals surface area contributed by atoms with Crippen molar-refractivity contribution in [3.05, 3.63) is 54.1 Å². The van der Waals surface area contributed by atoms with Gasteiger partial charge in [-0.1, -0.05) is 6.07 Å². The lowest BCUT2D eigenvalue weighted by molar-refractivity contribution is -0.130. The molecule has 1 aliphatic rings. The number of hydrazone groups is 1. The van der Waals surface area contributed by atoms with Crippen molar-refractivity contribution in [3.63, 3.8) is 0 Å². The Labute approximate surface area is 138 Å². The van der Waals surface area contributed by atoms with Gasteiger partial charge in [0.2, 0.25) is 5.91 Å². The fraction of sp³-hybridized carbons (Fsp3) is 0.235. The van der Waals surface area contributed by atoms with Crippen molar-refractivity contribution in [1.29, 1.82) is 0 Å². The van der Waals surface area contributed by atoms with Crippen molar-refractivity contribution in [1.82, 2.24) is 24.8 Å². The Bertz CT molecular complexity index is 960. The summed E-state index contributed by atoms with van der Waals surface area (Å²) in [5, 5.41) is 10.3. The minimum atomic E-state index is -0.140. The van der Waals surface area contributed by atoms with Gasteiger partial charge in [0.1, 0.15) is 0 Å². The highest BCUT2D eigenvalue weighted by molar-refractivity contribution is 6.01. The molecule has 7 nitrogen and oxygen atoms in total. The van der Waals surface area contributed by atoms with Crippen LogP contribution in [0, 0.1) is 0 Å². The maximum atomic E-state index is 12.1. The molecule has 0 radical (unpaired) electrons. The number of amides is 1. The summed E-state index contributed by atoms with van der Waals surface area (Å²) in [5.74, 6) is -0.0867. The summed E-state index contributed by atoms with van der Waals surface area (Å²) in [6.07, 6.45) is 5.71. The molecular weight excluding hydrogens is 304 g/mol. The molecule has 0 spiro atoms. The van der Waals surface area contributed by atoms with Crippen LogP contribution in [-0.4, -0.2) is 36.4 Å². The van der Waals surface area contributed by atoms with Crippen molar-refractivity contribution >= 4 is 22.7 Å². The van der Waals surface area contributed by atoms with Crippen LogP contribution >= 0.6 is 0 Å². The van der Waals surface area contributed by atoms with E-state index in [9.17, 15) is 4.79 Å². The van der Waals surface area contributed by atoms with Crippen LogP contribution in [0.15, 0.2) is 48.0 Å². The molecule has 120 valence electrons. The van der Waals surface area contributed by atoms with Crippen molar-refractivity contribution in [2.75, 3.05) is 0 Å². The monoisotopic (exact) mass is 320 g/mol. The molecule has 0 saturated carbocycles. The topological polar surface area (TPSA) is 76.3 Å². The number of carbonyl (C=O) groups is 1. The molecule has 0 saturated heterocycles. The van der Waals surface area contributed by atoms with Crippen molar-refractivity contribution in [2.45, 2.75) is 19.4 Å². The Kier molecular flexibility index (Phi) is 3.34. The quantitative estimate of drug-likeness (QED) is 0.724. The van der Waals surface area contributed by atoms with Gasteiger partial charge in [-0.3, -0.25) is 19.4 Å². The number of aromatic nitrogens is 4. The second-order valence-corrected chi connectivity index (χ2v) is 5.77. The zero-order valence-electron chi connectivity index (χ0n) is 13.4. The standard InChI is InChI=1S/C17H16N6O/c1-11(24)23-17(10-15(21-23)16-5-6-20-22(16)2)12-3-4-13-14(9-12)19-8-7-18-13/h3-9,17H,10H2,1-2H3/t17-/m0/s1. The van der Waals surface area contributed by atoms with Gasteiger partial charge in [-0.25, -0.2) is 5.01 Å². The van der Waals surface area contributed by atoms with Crippen LogP contribution in [0.2, 0.25) is 0 Å². The molecule has 24 heavy (non-hydrogen) atoms. The van der Waals surface area contributed by atoms with Crippen LogP contribution in [0.25, 0.3) is 11.0 Å². The normalized spacial score (nSPS) is 17.3. The van der Waals surface area contributed by atoms with E-state index in [1.54, 1.807) is 28.3 Å². The van der Waals surface area contributed by atoms with Crippen LogP contribution in [0.3, 0.4) is 0 Å². The predicted octanol–water partition coefficient (Wildman–Crippen LogP) is 2.06. The lowest BCUT2D eigenvalue weighted by Crippen LogP contribution is -2.24. The van der Waals surface area contributed by atoms with Crippen LogP contribution in [0.1, 0.15) is 30.6 Å². The first-order chi connectivity index (χ1) is 11.6. The number of hydrogen-bond acceptors (Lipinski definition) is 5. The zero-order chi connectivity index (χ0) is 16.7. The minimum Gasteiger partial charge on any atom is -0.273 e. The molecule has 1 atom stereocenters. The maximum absolute atomic E-state index is 12.1. The number of hydrogen-bond donors (Lipinski definition) is 0. The summed E-state index contributed by atoms with van der Waals surface area (Å²) < 4.78 is 1.77. The van der Waals surface area contributed by atoms with Crippen LogP contribution < -0.4 is 0 Å². The molecule has 0 fully saturated rings. The summed E-state index contributed by atoms with van der Waals surface area (Å²) >= 11 is 0. The molecule has 3 aromatic rings. The SMILES string of the molecule is CC(=O)N1N=C(c2ccnn2C)C[C@H]1c1ccc2nccnc2c1. The van der Waals surface area contributed by atoms with Crippen LogP contribution in [0.5, 0.6) is 0 Å². The Hall–Kier alpha value is -3.09. The summed E-state index contributed by atoms with van der Waals surface area (Å²) in [6.45, 7) is 1.53. The zero-order valence-corrected chi connectivity index (χ0v) is 13.4. The third-order valence-electron chi connectivity index (χ3n) is 4.23. The summed E-state index contributed by atoms with van der Waals surface area (Å²) in [7, 11) is 1.87. The largest absolute Gasteiger partial charge is 0.273 e. The van der Waals surface area contributed by atoms with Gasteiger partial charge in [-0.15, -0.1) is 0 Å². The van der Waals surface area contributed by atoms with E-state index in [0.717, 1.165) is 28.0 Å². The summed E-state index contributed by atoms with van der Waals surface area (Å²) in [4.78, 5) is 20.7. The third kappa shape index (κ3) is 2.34. The van der Waals surface area contributed by atoms with Gasteiger partial charge >= 0.3 is 0 Å². The third-order valence-corrected chi connectivity index (χ3v) is 4.23. The van der Waals surface area contributed by atoms with E-state index in [4.69, 9.17) is 0 Å². The lowest BCUT2D eigenvalue weighted by Gasteiger charge is -2.20. The van der Waals surface area contributed by atoms with Crippen molar-refractivity contribution < 1.29 is 4.79 Å². The Morgan fingerprint density at radius 1 is 1.12 bits per heavy atom. The Morgan fingerprint density at radius 2 is 1.92 bits per heavy atom. The summed E-state index contributed by atoms with van der Waals surface area (Å²) in [5.41, 5.74) is 4.42. The van der Waals surface area contributed by atoms with Crippen LogP contribution in [-0.2, 0) is 11.8 Å². The second-order valence-electron chi connectivity index (χ2n) is 5.77. The molecule has 7 heteroatoms. The minimum absolute atomic E-state index is 0.0867. The first-order valence-corrected chi connectivity index (χ1v) is 7.70. The van der Waals surface area contributed by atoms with Gasteiger partial charge in [0.15, 0.2) is 0 Å². The molecule has 1 amide bonds. The lowest BCUT2D eigenvalue weighted by atomic mass is 10.00. The summed E-state index contributed by atoms with van der Waals surface area (Å²) in [6, 6.07) is 7.66. The maximum Gasteiger partial charge on any atom is 0.240 e. The van der Waals surface area contributed by atoms with Crippen LogP contribution in [0.4, 0.5) is 0 Å². The van der Waals surface area contributed by atoms with Gasteiger partial charge < -0.3 is 0 Å². The molecule has 3 heterocycles. The fourth-order valence-corrected chi connectivity index (χ4v) is 3.06. The second kappa shape index (κ2) is 5.52. The van der Waals surface area contributed by atoms with E-state index in [-0.39, 0.29) is 11.9 Å². The van der Waals surface area contributed by atoms with Gasteiger partial charge in [0, 0.05) is 39.0 Å². The predicted molar refractivity (Wildman–Crippen MR) is 89.2 cm³/mol. The number of carbonyl (C=O) groups excluding carboxylic acids is 1. The van der Waals surface area contributed by atoms with Gasteiger partial charge in [0.25, 0.3) is 0 Å². The number of benzene rings is 1. The molecular formula is C17H16N6O. The molecule has 0 bridgehead atoms. The molecule has 0 unspecified atom stereocenters. The average molecular weight is 320 g/mol. The number of nitrogens with zero attached hydrogens (tertiary/aromatic N) is 6. The number of aryl methyl sites for hydroxylation is 1. The van der Waals surface area contributed by atoms with E-state index >= 15 is 0 Å². The Balaban J connectivity index is 1.74.